The minimum Gasteiger partial charge on any atom is -0.309 e. The van der Waals surface area contributed by atoms with Crippen LogP contribution in [0.15, 0.2) is 164 Å². The van der Waals surface area contributed by atoms with Crippen LogP contribution < -0.4 is 0 Å². The van der Waals surface area contributed by atoms with E-state index in [4.69, 9.17) is 4.98 Å². The first-order valence-corrected chi connectivity index (χ1v) is 15.7. The van der Waals surface area contributed by atoms with Gasteiger partial charge in [0.25, 0.3) is 0 Å². The molecule has 0 atom stereocenters. The summed E-state index contributed by atoms with van der Waals surface area (Å²) in [6.45, 7) is 0. The normalized spacial score (nSPS) is 11.9. The molecule has 0 radical (unpaired) electrons. The molecular formula is C43H27N3. The summed E-state index contributed by atoms with van der Waals surface area (Å²) >= 11 is 0. The fourth-order valence-corrected chi connectivity index (χ4v) is 7.62. The maximum absolute atomic E-state index is 5.31. The first-order valence-electron chi connectivity index (χ1n) is 15.7. The SMILES string of the molecule is c1ccc(-n2c(-c3cccc4c3c3ccc5c6ccccc6c6ccccc6c5c3n4-c3ccccc3)nc3ccccc32)cc1. The Morgan fingerprint density at radius 2 is 0.870 bits per heavy atom. The molecule has 0 fully saturated rings. The summed E-state index contributed by atoms with van der Waals surface area (Å²) in [4.78, 5) is 5.31. The van der Waals surface area contributed by atoms with Crippen molar-refractivity contribution >= 4 is 65.2 Å². The molecule has 46 heavy (non-hydrogen) atoms. The lowest BCUT2D eigenvalue weighted by Gasteiger charge is -2.14. The van der Waals surface area contributed by atoms with E-state index < -0.39 is 0 Å². The van der Waals surface area contributed by atoms with Crippen LogP contribution >= 0.6 is 0 Å². The Balaban J connectivity index is 1.44. The van der Waals surface area contributed by atoms with E-state index in [0.717, 1.165) is 39.3 Å². The second-order valence-corrected chi connectivity index (χ2v) is 11.9. The first-order chi connectivity index (χ1) is 22.9. The van der Waals surface area contributed by atoms with E-state index in [0.29, 0.717) is 0 Å². The zero-order chi connectivity index (χ0) is 30.2. The largest absolute Gasteiger partial charge is 0.309 e. The summed E-state index contributed by atoms with van der Waals surface area (Å²) in [5.41, 5.74) is 7.80. The molecule has 2 heterocycles. The fraction of sp³-hybridized carbons (Fsp3) is 0. The molecule has 0 spiro atoms. The zero-order valence-corrected chi connectivity index (χ0v) is 24.9. The molecule has 0 bridgehead atoms. The van der Waals surface area contributed by atoms with Crippen molar-refractivity contribution < 1.29 is 0 Å². The van der Waals surface area contributed by atoms with Gasteiger partial charge in [0.1, 0.15) is 5.82 Å². The number of nitrogens with zero attached hydrogens (tertiary/aromatic N) is 3. The Hall–Kier alpha value is -6.19. The summed E-state index contributed by atoms with van der Waals surface area (Å²) < 4.78 is 4.77. The van der Waals surface area contributed by atoms with Crippen molar-refractivity contribution in [3.8, 4) is 22.8 Å². The van der Waals surface area contributed by atoms with Gasteiger partial charge in [0, 0.05) is 33.1 Å². The van der Waals surface area contributed by atoms with E-state index in [-0.39, 0.29) is 0 Å². The van der Waals surface area contributed by atoms with E-state index in [1.807, 2.05) is 0 Å². The number of fused-ring (bicyclic) bond motifs is 11. The van der Waals surface area contributed by atoms with Crippen molar-refractivity contribution in [3.05, 3.63) is 164 Å². The first kappa shape index (κ1) is 25.2. The van der Waals surface area contributed by atoms with Crippen LogP contribution in [0.5, 0.6) is 0 Å². The molecule has 214 valence electrons. The molecule has 3 heteroatoms. The van der Waals surface area contributed by atoms with Gasteiger partial charge < -0.3 is 4.57 Å². The zero-order valence-electron chi connectivity index (χ0n) is 24.9. The van der Waals surface area contributed by atoms with Crippen LogP contribution in [-0.4, -0.2) is 14.1 Å². The Labute approximate surface area is 265 Å². The molecule has 0 amide bonds. The Morgan fingerprint density at radius 3 is 1.59 bits per heavy atom. The molecule has 10 aromatic rings. The van der Waals surface area contributed by atoms with Crippen LogP contribution in [-0.2, 0) is 0 Å². The highest BCUT2D eigenvalue weighted by molar-refractivity contribution is 6.34. The Bertz CT molecular complexity index is 2750. The highest BCUT2D eigenvalue weighted by Gasteiger charge is 2.23. The number of imidazole rings is 1. The molecule has 0 saturated carbocycles. The average molecular weight is 586 g/mol. The predicted molar refractivity (Wildman–Crippen MR) is 193 cm³/mol. The summed E-state index contributed by atoms with van der Waals surface area (Å²) in [6.07, 6.45) is 0. The third kappa shape index (κ3) is 3.45. The summed E-state index contributed by atoms with van der Waals surface area (Å²) in [6, 6.07) is 58.8. The van der Waals surface area contributed by atoms with Gasteiger partial charge in [-0.05, 0) is 69.4 Å². The predicted octanol–water partition coefficient (Wildman–Crippen LogP) is 11.2. The van der Waals surface area contributed by atoms with Gasteiger partial charge in [0.05, 0.1) is 22.1 Å². The maximum atomic E-state index is 5.31. The van der Waals surface area contributed by atoms with Crippen molar-refractivity contribution in [2.45, 2.75) is 0 Å². The van der Waals surface area contributed by atoms with Crippen molar-refractivity contribution in [2.75, 3.05) is 0 Å². The van der Waals surface area contributed by atoms with Crippen LogP contribution in [0.2, 0.25) is 0 Å². The quantitative estimate of drug-likeness (QED) is 0.189. The second kappa shape index (κ2) is 9.65. The number of para-hydroxylation sites is 4. The van der Waals surface area contributed by atoms with Crippen LogP contribution in [0.1, 0.15) is 0 Å². The molecule has 0 saturated heterocycles. The highest BCUT2D eigenvalue weighted by Crippen LogP contribution is 2.45. The van der Waals surface area contributed by atoms with Gasteiger partial charge >= 0.3 is 0 Å². The van der Waals surface area contributed by atoms with E-state index in [2.05, 4.69) is 173 Å². The summed E-state index contributed by atoms with van der Waals surface area (Å²) in [7, 11) is 0. The number of hydrogen-bond donors (Lipinski definition) is 0. The molecule has 0 aliphatic heterocycles. The van der Waals surface area contributed by atoms with Crippen LogP contribution in [0, 0.1) is 0 Å². The number of aromatic nitrogens is 3. The van der Waals surface area contributed by atoms with Crippen molar-refractivity contribution in [1.29, 1.82) is 0 Å². The van der Waals surface area contributed by atoms with Crippen molar-refractivity contribution in [2.24, 2.45) is 0 Å². The van der Waals surface area contributed by atoms with Crippen molar-refractivity contribution in [3.63, 3.8) is 0 Å². The molecule has 0 aliphatic rings. The maximum Gasteiger partial charge on any atom is 0.146 e. The van der Waals surface area contributed by atoms with Gasteiger partial charge in [-0.2, -0.15) is 0 Å². The molecule has 0 aliphatic carbocycles. The van der Waals surface area contributed by atoms with Gasteiger partial charge in [-0.3, -0.25) is 4.57 Å². The minimum atomic E-state index is 0.938. The topological polar surface area (TPSA) is 22.8 Å². The van der Waals surface area contributed by atoms with E-state index in [9.17, 15) is 0 Å². The monoisotopic (exact) mass is 585 g/mol. The molecule has 10 rings (SSSR count). The molecule has 0 N–H and O–H groups in total. The summed E-state index contributed by atoms with van der Waals surface area (Å²) in [5.74, 6) is 0.938. The number of hydrogen-bond acceptors (Lipinski definition) is 1. The second-order valence-electron chi connectivity index (χ2n) is 11.9. The lowest BCUT2D eigenvalue weighted by atomic mass is 9.92. The van der Waals surface area contributed by atoms with E-state index >= 15 is 0 Å². The number of rotatable bonds is 3. The van der Waals surface area contributed by atoms with Crippen LogP contribution in [0.3, 0.4) is 0 Å². The minimum absolute atomic E-state index is 0.938. The molecule has 2 aromatic heterocycles. The Kier molecular flexibility index (Phi) is 5.28. The third-order valence-electron chi connectivity index (χ3n) is 9.49. The van der Waals surface area contributed by atoms with Crippen LogP contribution in [0.25, 0.3) is 87.9 Å². The Morgan fingerprint density at radius 1 is 0.348 bits per heavy atom. The smallest absolute Gasteiger partial charge is 0.146 e. The molecule has 3 nitrogen and oxygen atoms in total. The summed E-state index contributed by atoms with van der Waals surface area (Å²) in [5, 5.41) is 10.0. The standard InChI is InChI=1S/C43H27N3/c1-3-14-28(15-4-1)45-39-25-13-22-36(43-44-37-23-11-12-24-38(37)46(43)29-16-5-2-6-17-29)40(39)35-27-26-34-32-20-8-7-18-30(32)31-19-9-10-21-33(31)41(34)42(35)45/h1-27H. The lowest BCUT2D eigenvalue weighted by Crippen LogP contribution is -1.98. The van der Waals surface area contributed by atoms with Gasteiger partial charge in [-0.25, -0.2) is 4.98 Å². The van der Waals surface area contributed by atoms with E-state index in [1.165, 1.54) is 48.6 Å². The lowest BCUT2D eigenvalue weighted by molar-refractivity contribution is 1.10. The average Bonchev–Trinajstić information content (AvgIpc) is 3.69. The van der Waals surface area contributed by atoms with Gasteiger partial charge in [-0.15, -0.1) is 0 Å². The van der Waals surface area contributed by atoms with E-state index in [1.54, 1.807) is 0 Å². The third-order valence-corrected chi connectivity index (χ3v) is 9.49. The van der Waals surface area contributed by atoms with Gasteiger partial charge in [-0.1, -0.05) is 121 Å². The van der Waals surface area contributed by atoms with Crippen molar-refractivity contribution in [1.82, 2.24) is 14.1 Å². The molecule has 8 aromatic carbocycles. The van der Waals surface area contributed by atoms with Gasteiger partial charge in [0.15, 0.2) is 0 Å². The van der Waals surface area contributed by atoms with Crippen LogP contribution in [0.4, 0.5) is 0 Å². The molecule has 0 unspecified atom stereocenters. The highest BCUT2D eigenvalue weighted by atomic mass is 15.1. The number of benzene rings is 8. The van der Waals surface area contributed by atoms with Gasteiger partial charge in [0.2, 0.25) is 0 Å². The molecular weight excluding hydrogens is 558 g/mol. The fourth-order valence-electron chi connectivity index (χ4n) is 7.62.